The van der Waals surface area contributed by atoms with E-state index in [1.54, 1.807) is 13.8 Å². The minimum absolute atomic E-state index is 0.00685. The van der Waals surface area contributed by atoms with Gasteiger partial charge in [0.2, 0.25) is 0 Å². The minimum atomic E-state index is -1.72. The van der Waals surface area contributed by atoms with Crippen LogP contribution in [0.5, 0.6) is 0 Å². The topological polar surface area (TPSA) is 169 Å². The fraction of sp³-hybridized carbons (Fsp3) is 0.808. The molecule has 1 saturated heterocycles. The molecule has 1 aliphatic heterocycles. The first-order valence-corrected chi connectivity index (χ1v) is 12.6. The van der Waals surface area contributed by atoms with E-state index in [4.69, 9.17) is 18.9 Å². The zero-order valence-electron chi connectivity index (χ0n) is 22.3. The maximum atomic E-state index is 12.6. The fourth-order valence-corrected chi connectivity index (χ4v) is 7.70. The second kappa shape index (κ2) is 8.74. The second-order valence-corrected chi connectivity index (χ2v) is 11.8. The lowest BCUT2D eigenvalue weighted by atomic mass is 9.49. The first-order chi connectivity index (χ1) is 16.9. The standard InChI is InChI=1S/C26H38O11/c1-11-15(30)9-25(23(5,6)33)18(11)19(35-12(2)27)21(32)24(7)16(31)8-17-26(10-34-17,37-14(4)29)20(24)22(25)36-13(3)28/h15-17,19-22,30-33H,8-10H2,1-7H3. The Balaban J connectivity index is 2.14. The van der Waals surface area contributed by atoms with Gasteiger partial charge in [-0.15, -0.1) is 0 Å². The highest BCUT2D eigenvalue weighted by atomic mass is 16.6. The molecule has 0 bridgehead atoms. The van der Waals surface area contributed by atoms with Gasteiger partial charge in [0.1, 0.15) is 18.3 Å². The number of hydrogen-bond acceptors (Lipinski definition) is 11. The molecule has 10 atom stereocenters. The molecule has 37 heavy (non-hydrogen) atoms. The fourth-order valence-electron chi connectivity index (χ4n) is 7.70. The third kappa shape index (κ3) is 3.69. The second-order valence-electron chi connectivity index (χ2n) is 11.8. The van der Waals surface area contributed by atoms with Crippen LogP contribution in [0.4, 0.5) is 0 Å². The average Bonchev–Trinajstić information content (AvgIpc) is 2.99. The van der Waals surface area contributed by atoms with Crippen LogP contribution in [0.15, 0.2) is 11.1 Å². The number of carbonyl (C=O) groups excluding carboxylic acids is 3. The molecular weight excluding hydrogens is 488 g/mol. The van der Waals surface area contributed by atoms with Gasteiger partial charge in [0.05, 0.1) is 35.7 Å². The predicted molar refractivity (Wildman–Crippen MR) is 126 cm³/mol. The molecule has 4 N–H and O–H groups in total. The van der Waals surface area contributed by atoms with Crippen LogP contribution in [0.1, 0.15) is 61.3 Å². The molecule has 3 fully saturated rings. The highest BCUT2D eigenvalue weighted by Gasteiger charge is 2.79. The van der Waals surface area contributed by atoms with Crippen LogP contribution in [0.2, 0.25) is 0 Å². The van der Waals surface area contributed by atoms with E-state index in [-0.39, 0.29) is 25.0 Å². The maximum absolute atomic E-state index is 12.6. The Morgan fingerprint density at radius 2 is 1.62 bits per heavy atom. The number of aliphatic hydroxyl groups excluding tert-OH is 3. The SMILES string of the molecule is CC(=O)OC1C2=C(C)C(O)CC2(C(C)(C)O)C(OC(C)=O)C2C3(OC(C)=O)COC3CC(O)C2(C)C1O. The average molecular weight is 527 g/mol. The van der Waals surface area contributed by atoms with Gasteiger partial charge in [-0.25, -0.2) is 0 Å². The molecule has 0 aromatic carbocycles. The van der Waals surface area contributed by atoms with Gasteiger partial charge >= 0.3 is 17.9 Å². The molecule has 0 amide bonds. The normalized spacial score (nSPS) is 45.0. The summed E-state index contributed by atoms with van der Waals surface area (Å²) in [5.41, 5.74) is -5.75. The van der Waals surface area contributed by atoms with Gasteiger partial charge in [0.15, 0.2) is 11.7 Å². The Kier molecular flexibility index (Phi) is 6.61. The monoisotopic (exact) mass is 526 g/mol. The lowest BCUT2D eigenvalue weighted by molar-refractivity contribution is -0.352. The van der Waals surface area contributed by atoms with Gasteiger partial charge < -0.3 is 39.4 Å². The van der Waals surface area contributed by atoms with Crippen LogP contribution < -0.4 is 0 Å². The molecule has 4 rings (SSSR count). The molecule has 11 nitrogen and oxygen atoms in total. The van der Waals surface area contributed by atoms with Crippen LogP contribution in [0.25, 0.3) is 0 Å². The number of esters is 3. The third-order valence-corrected chi connectivity index (χ3v) is 9.34. The Labute approximate surface area is 215 Å². The molecule has 0 aromatic rings. The summed E-state index contributed by atoms with van der Waals surface area (Å²) in [4.78, 5) is 37.4. The van der Waals surface area contributed by atoms with Crippen LogP contribution in [0, 0.1) is 16.7 Å². The van der Waals surface area contributed by atoms with Gasteiger partial charge in [-0.1, -0.05) is 6.92 Å². The molecule has 10 unspecified atom stereocenters. The smallest absolute Gasteiger partial charge is 0.303 e. The van der Waals surface area contributed by atoms with Gasteiger partial charge in [-0.2, -0.15) is 0 Å². The molecule has 0 aromatic heterocycles. The summed E-state index contributed by atoms with van der Waals surface area (Å²) in [5, 5.41) is 46.4. The lowest BCUT2D eigenvalue weighted by Gasteiger charge is -2.65. The molecule has 11 heteroatoms. The Morgan fingerprint density at radius 3 is 2.08 bits per heavy atom. The number of hydrogen-bond donors (Lipinski definition) is 4. The quantitative estimate of drug-likeness (QED) is 0.223. The first kappa shape index (κ1) is 28.0. The van der Waals surface area contributed by atoms with Gasteiger partial charge in [0, 0.05) is 32.6 Å². The number of aliphatic hydroxyl groups is 4. The van der Waals surface area contributed by atoms with E-state index in [1.807, 2.05) is 0 Å². The molecule has 0 radical (unpaired) electrons. The summed E-state index contributed by atoms with van der Waals surface area (Å²) >= 11 is 0. The zero-order chi connectivity index (χ0) is 27.9. The van der Waals surface area contributed by atoms with E-state index in [1.165, 1.54) is 34.6 Å². The van der Waals surface area contributed by atoms with Crippen molar-refractivity contribution in [1.29, 1.82) is 0 Å². The number of carbonyl (C=O) groups is 3. The summed E-state index contributed by atoms with van der Waals surface area (Å²) in [6.45, 7) is 9.63. The summed E-state index contributed by atoms with van der Waals surface area (Å²) in [6, 6.07) is 0. The van der Waals surface area contributed by atoms with Gasteiger partial charge in [-0.3, -0.25) is 14.4 Å². The molecule has 3 aliphatic carbocycles. The Morgan fingerprint density at radius 1 is 1.03 bits per heavy atom. The number of rotatable bonds is 4. The van der Waals surface area contributed by atoms with Crippen molar-refractivity contribution in [3.05, 3.63) is 11.1 Å². The number of ether oxygens (including phenoxy) is 4. The van der Waals surface area contributed by atoms with Crippen molar-refractivity contribution in [3.8, 4) is 0 Å². The van der Waals surface area contributed by atoms with Crippen LogP contribution in [-0.4, -0.2) is 92.8 Å². The van der Waals surface area contributed by atoms with E-state index in [2.05, 4.69) is 0 Å². The predicted octanol–water partition coefficient (Wildman–Crippen LogP) is 0.151. The summed E-state index contributed by atoms with van der Waals surface area (Å²) in [7, 11) is 0. The minimum Gasteiger partial charge on any atom is -0.461 e. The van der Waals surface area contributed by atoms with E-state index in [0.717, 1.165) is 0 Å². The Hall–Kier alpha value is -2.05. The molecule has 4 aliphatic rings. The molecule has 1 heterocycles. The number of fused-ring (bicyclic) bond motifs is 4. The summed E-state index contributed by atoms with van der Waals surface area (Å²) in [6.07, 6.45) is -7.63. The molecular formula is C26H38O11. The van der Waals surface area contributed by atoms with Gasteiger partial charge in [-0.05, 0) is 38.3 Å². The van der Waals surface area contributed by atoms with Crippen LogP contribution >= 0.6 is 0 Å². The summed E-state index contributed by atoms with van der Waals surface area (Å²) in [5.74, 6) is -3.21. The third-order valence-electron chi connectivity index (χ3n) is 9.34. The zero-order valence-corrected chi connectivity index (χ0v) is 22.3. The van der Waals surface area contributed by atoms with Crippen molar-refractivity contribution in [3.63, 3.8) is 0 Å². The van der Waals surface area contributed by atoms with Crippen molar-refractivity contribution < 1.29 is 53.8 Å². The largest absolute Gasteiger partial charge is 0.461 e. The van der Waals surface area contributed by atoms with Crippen molar-refractivity contribution >= 4 is 17.9 Å². The molecule has 2 saturated carbocycles. The van der Waals surface area contributed by atoms with Crippen molar-refractivity contribution in [2.45, 2.75) is 109 Å². The van der Waals surface area contributed by atoms with E-state index in [9.17, 15) is 34.8 Å². The lowest BCUT2D eigenvalue weighted by Crippen LogP contribution is -2.78. The maximum Gasteiger partial charge on any atom is 0.303 e. The first-order valence-electron chi connectivity index (χ1n) is 12.6. The van der Waals surface area contributed by atoms with E-state index >= 15 is 0 Å². The van der Waals surface area contributed by atoms with E-state index < -0.39 is 82.5 Å². The van der Waals surface area contributed by atoms with Crippen LogP contribution in [-0.2, 0) is 33.3 Å². The summed E-state index contributed by atoms with van der Waals surface area (Å²) < 4.78 is 23.3. The van der Waals surface area contributed by atoms with Crippen molar-refractivity contribution in [2.24, 2.45) is 16.7 Å². The van der Waals surface area contributed by atoms with Crippen molar-refractivity contribution in [1.82, 2.24) is 0 Å². The van der Waals surface area contributed by atoms with Crippen molar-refractivity contribution in [2.75, 3.05) is 6.61 Å². The highest BCUT2D eigenvalue weighted by molar-refractivity contribution is 5.69. The Bertz CT molecular complexity index is 1030. The van der Waals surface area contributed by atoms with Crippen LogP contribution in [0.3, 0.4) is 0 Å². The molecule has 0 spiro atoms. The molecule has 208 valence electrons. The van der Waals surface area contributed by atoms with Gasteiger partial charge in [0.25, 0.3) is 0 Å². The highest BCUT2D eigenvalue weighted by Crippen LogP contribution is 2.68. The van der Waals surface area contributed by atoms with E-state index in [0.29, 0.717) is 5.57 Å².